The molecule has 4 heteroatoms. The van der Waals surface area contributed by atoms with E-state index in [1.54, 1.807) is 6.07 Å². The van der Waals surface area contributed by atoms with Gasteiger partial charge < -0.3 is 9.84 Å². The van der Waals surface area contributed by atoms with E-state index < -0.39 is 5.97 Å². The minimum atomic E-state index is -0.954. The van der Waals surface area contributed by atoms with Crippen molar-refractivity contribution in [3.8, 4) is 5.75 Å². The molecule has 0 spiro atoms. The molecule has 0 amide bonds. The summed E-state index contributed by atoms with van der Waals surface area (Å²) in [4.78, 5) is 22.5. The Morgan fingerprint density at radius 2 is 1.80 bits per heavy atom. The summed E-state index contributed by atoms with van der Waals surface area (Å²) >= 11 is 0. The van der Waals surface area contributed by atoms with Crippen LogP contribution in [0.1, 0.15) is 48.2 Å². The van der Waals surface area contributed by atoms with Gasteiger partial charge in [-0.1, -0.05) is 13.8 Å². The van der Waals surface area contributed by atoms with Crippen molar-refractivity contribution < 1.29 is 19.4 Å². The molecule has 0 aliphatic carbocycles. The number of Topliss-reactive ketones (excluding diaryl/α,β-unsaturated/α-hetero) is 1. The summed E-state index contributed by atoms with van der Waals surface area (Å²) in [7, 11) is 0. The van der Waals surface area contributed by atoms with Gasteiger partial charge in [0.05, 0.1) is 13.0 Å². The molecular weight excluding hydrogens is 256 g/mol. The van der Waals surface area contributed by atoms with E-state index in [9.17, 15) is 9.59 Å². The minimum absolute atomic E-state index is 0.0296. The normalized spacial score (nSPS) is 10.7. The first-order valence-electron chi connectivity index (χ1n) is 6.80. The maximum Gasteiger partial charge on any atom is 0.303 e. The molecule has 0 heterocycles. The number of carboxylic acids is 1. The van der Waals surface area contributed by atoms with Crippen LogP contribution in [0.15, 0.2) is 12.1 Å². The van der Waals surface area contributed by atoms with Gasteiger partial charge >= 0.3 is 5.97 Å². The molecule has 1 aromatic rings. The number of carbonyl (C=O) groups is 2. The molecule has 110 valence electrons. The predicted molar refractivity (Wildman–Crippen MR) is 77.4 cm³/mol. The number of rotatable bonds is 7. The zero-order valence-electron chi connectivity index (χ0n) is 12.5. The van der Waals surface area contributed by atoms with Crippen LogP contribution in [0.2, 0.25) is 0 Å². The van der Waals surface area contributed by atoms with E-state index in [2.05, 4.69) is 13.8 Å². The molecule has 0 saturated heterocycles. The Balaban J connectivity index is 2.87. The Morgan fingerprint density at radius 3 is 2.35 bits per heavy atom. The van der Waals surface area contributed by atoms with E-state index in [-0.39, 0.29) is 18.6 Å². The van der Waals surface area contributed by atoms with Crippen LogP contribution in [0.25, 0.3) is 0 Å². The lowest BCUT2D eigenvalue weighted by atomic mass is 9.98. The fraction of sp³-hybridized carbons (Fsp3) is 0.500. The second-order valence-electron chi connectivity index (χ2n) is 5.45. The van der Waals surface area contributed by atoms with Gasteiger partial charge in [-0.2, -0.15) is 0 Å². The monoisotopic (exact) mass is 278 g/mol. The van der Waals surface area contributed by atoms with Crippen LogP contribution in [-0.4, -0.2) is 23.5 Å². The van der Waals surface area contributed by atoms with Crippen molar-refractivity contribution in [2.45, 2.75) is 40.5 Å². The number of aryl methyl sites for hydroxylation is 2. The molecule has 0 fully saturated rings. The van der Waals surface area contributed by atoms with E-state index in [0.29, 0.717) is 18.1 Å². The fourth-order valence-corrected chi connectivity index (χ4v) is 1.86. The summed E-state index contributed by atoms with van der Waals surface area (Å²) in [6, 6.07) is 3.64. The molecule has 0 radical (unpaired) electrons. The van der Waals surface area contributed by atoms with E-state index in [1.807, 2.05) is 19.9 Å². The van der Waals surface area contributed by atoms with Gasteiger partial charge in [-0.05, 0) is 43.0 Å². The number of aliphatic carboxylic acids is 1. The number of benzene rings is 1. The van der Waals surface area contributed by atoms with E-state index >= 15 is 0 Å². The summed E-state index contributed by atoms with van der Waals surface area (Å²) in [6.45, 7) is 8.52. The number of hydrogen-bond acceptors (Lipinski definition) is 3. The van der Waals surface area contributed by atoms with Crippen LogP contribution in [0.4, 0.5) is 0 Å². The van der Waals surface area contributed by atoms with Crippen molar-refractivity contribution in [3.63, 3.8) is 0 Å². The Kier molecular flexibility index (Phi) is 5.74. The van der Waals surface area contributed by atoms with Gasteiger partial charge in [0.1, 0.15) is 5.75 Å². The highest BCUT2D eigenvalue weighted by Gasteiger charge is 2.14. The first-order chi connectivity index (χ1) is 9.31. The summed E-state index contributed by atoms with van der Waals surface area (Å²) in [6.07, 6.45) is -0.106. The van der Waals surface area contributed by atoms with Crippen molar-refractivity contribution >= 4 is 11.8 Å². The van der Waals surface area contributed by atoms with Crippen molar-refractivity contribution in [2.75, 3.05) is 6.61 Å². The van der Waals surface area contributed by atoms with Gasteiger partial charge in [-0.25, -0.2) is 0 Å². The predicted octanol–water partition coefficient (Wildman–Crippen LogP) is 3.39. The van der Waals surface area contributed by atoms with Crippen LogP contribution in [0.5, 0.6) is 5.75 Å². The maximum atomic E-state index is 12.0. The number of carboxylic acid groups (broad SMARTS) is 1. The van der Waals surface area contributed by atoms with Crippen LogP contribution in [-0.2, 0) is 4.79 Å². The average Bonchev–Trinajstić information content (AvgIpc) is 2.36. The lowest BCUT2D eigenvalue weighted by Gasteiger charge is -2.14. The molecule has 4 nitrogen and oxygen atoms in total. The van der Waals surface area contributed by atoms with Gasteiger partial charge in [0.15, 0.2) is 5.78 Å². The molecule has 0 aliphatic heterocycles. The highest BCUT2D eigenvalue weighted by molar-refractivity contribution is 5.99. The molecule has 0 aromatic heterocycles. The number of carbonyl (C=O) groups excluding carboxylic acids is 1. The Hall–Kier alpha value is -1.84. The third-order valence-corrected chi connectivity index (χ3v) is 2.96. The second-order valence-corrected chi connectivity index (χ2v) is 5.45. The highest BCUT2D eigenvalue weighted by Crippen LogP contribution is 2.24. The third kappa shape index (κ3) is 4.68. The zero-order chi connectivity index (χ0) is 15.3. The van der Waals surface area contributed by atoms with Crippen molar-refractivity contribution in [1.29, 1.82) is 0 Å². The Morgan fingerprint density at radius 1 is 1.15 bits per heavy atom. The van der Waals surface area contributed by atoms with Crippen molar-refractivity contribution in [1.82, 2.24) is 0 Å². The van der Waals surface area contributed by atoms with Gasteiger partial charge in [-0.15, -0.1) is 0 Å². The summed E-state index contributed by atoms with van der Waals surface area (Å²) in [5.41, 5.74) is 2.31. The first-order valence-corrected chi connectivity index (χ1v) is 6.80. The van der Waals surface area contributed by atoms with Gasteiger partial charge in [0.25, 0.3) is 0 Å². The third-order valence-electron chi connectivity index (χ3n) is 2.96. The van der Waals surface area contributed by atoms with Crippen LogP contribution in [0.3, 0.4) is 0 Å². The van der Waals surface area contributed by atoms with E-state index in [0.717, 1.165) is 16.9 Å². The smallest absolute Gasteiger partial charge is 0.303 e. The lowest BCUT2D eigenvalue weighted by molar-refractivity contribution is -0.136. The van der Waals surface area contributed by atoms with Gasteiger partial charge in [0, 0.05) is 12.0 Å². The van der Waals surface area contributed by atoms with Crippen LogP contribution in [0, 0.1) is 19.8 Å². The van der Waals surface area contributed by atoms with Gasteiger partial charge in [0.2, 0.25) is 0 Å². The fourth-order valence-electron chi connectivity index (χ4n) is 1.86. The average molecular weight is 278 g/mol. The standard InChI is InChI=1S/C16H22O4/c1-10(2)9-20-15-8-11(3)13(7-12(15)4)14(17)5-6-16(18)19/h7-8,10H,5-6,9H2,1-4H3,(H,18,19). The quantitative estimate of drug-likeness (QED) is 0.776. The van der Waals surface area contributed by atoms with Crippen LogP contribution >= 0.6 is 0 Å². The topological polar surface area (TPSA) is 63.6 Å². The van der Waals surface area contributed by atoms with E-state index in [4.69, 9.17) is 9.84 Å². The molecule has 1 rings (SSSR count). The van der Waals surface area contributed by atoms with Crippen molar-refractivity contribution in [2.24, 2.45) is 5.92 Å². The highest BCUT2D eigenvalue weighted by atomic mass is 16.5. The number of ketones is 1. The molecule has 1 aromatic carbocycles. The molecule has 0 bridgehead atoms. The molecule has 20 heavy (non-hydrogen) atoms. The molecule has 0 aliphatic rings. The molecule has 0 unspecified atom stereocenters. The van der Waals surface area contributed by atoms with E-state index in [1.165, 1.54) is 0 Å². The largest absolute Gasteiger partial charge is 0.493 e. The lowest BCUT2D eigenvalue weighted by Crippen LogP contribution is -2.09. The molecule has 0 atom stereocenters. The number of ether oxygens (including phenoxy) is 1. The van der Waals surface area contributed by atoms with Gasteiger partial charge in [-0.3, -0.25) is 9.59 Å². The summed E-state index contributed by atoms with van der Waals surface area (Å²) in [5.74, 6) is 0.130. The molecule has 0 saturated carbocycles. The summed E-state index contributed by atoms with van der Waals surface area (Å²) < 4.78 is 5.71. The zero-order valence-corrected chi connectivity index (χ0v) is 12.5. The molecular formula is C16H22O4. The maximum absolute atomic E-state index is 12.0. The Labute approximate surface area is 119 Å². The summed E-state index contributed by atoms with van der Waals surface area (Å²) in [5, 5.41) is 8.63. The minimum Gasteiger partial charge on any atom is -0.493 e. The first kappa shape index (κ1) is 16.2. The van der Waals surface area contributed by atoms with Crippen LogP contribution < -0.4 is 4.74 Å². The number of hydrogen-bond donors (Lipinski definition) is 1. The second kappa shape index (κ2) is 7.08. The molecule has 1 N–H and O–H groups in total. The SMILES string of the molecule is Cc1cc(C(=O)CCC(=O)O)c(C)cc1OCC(C)C. The Bertz CT molecular complexity index is 503. The van der Waals surface area contributed by atoms with Crippen molar-refractivity contribution in [3.05, 3.63) is 28.8 Å².